The molecule has 90 valence electrons. The number of carbonyl (C=O) groups is 2. The summed E-state index contributed by atoms with van der Waals surface area (Å²) in [6, 6.07) is 7.13. The number of amides is 1. The fourth-order valence-electron chi connectivity index (χ4n) is 1.16. The van der Waals surface area contributed by atoms with Gasteiger partial charge < -0.3 is 15.4 Å². The number of esters is 1. The lowest BCUT2D eigenvalue weighted by molar-refractivity contribution is -0.134. The Bertz CT molecular complexity index is 441. The van der Waals surface area contributed by atoms with Gasteiger partial charge >= 0.3 is 5.97 Å². The van der Waals surface area contributed by atoms with Crippen molar-refractivity contribution in [3.05, 3.63) is 36.5 Å². The van der Waals surface area contributed by atoms with Gasteiger partial charge in [-0.05, 0) is 18.2 Å². The first-order valence-corrected chi connectivity index (χ1v) is 5.00. The number of rotatable bonds is 4. The Morgan fingerprint density at radius 2 is 2.00 bits per heavy atom. The quantitative estimate of drug-likeness (QED) is 0.615. The summed E-state index contributed by atoms with van der Waals surface area (Å²) in [7, 11) is 1.31. The maximum atomic E-state index is 10.9. The summed E-state index contributed by atoms with van der Waals surface area (Å²) in [5, 5.41) is 5.55. The van der Waals surface area contributed by atoms with Crippen LogP contribution in [0.15, 0.2) is 36.5 Å². The lowest BCUT2D eigenvalue weighted by Gasteiger charge is -2.05. The van der Waals surface area contributed by atoms with Gasteiger partial charge in [-0.1, -0.05) is 6.07 Å². The molecule has 0 aliphatic heterocycles. The van der Waals surface area contributed by atoms with Crippen molar-refractivity contribution in [2.75, 3.05) is 17.7 Å². The number of hydrogen-bond donors (Lipinski definition) is 2. The van der Waals surface area contributed by atoms with Crippen LogP contribution in [0, 0.1) is 0 Å². The molecule has 0 aliphatic rings. The van der Waals surface area contributed by atoms with Crippen LogP contribution in [0.2, 0.25) is 0 Å². The third-order valence-electron chi connectivity index (χ3n) is 1.85. The molecule has 5 heteroatoms. The summed E-state index contributed by atoms with van der Waals surface area (Å²) in [4.78, 5) is 21.7. The molecule has 1 amide bonds. The summed E-state index contributed by atoms with van der Waals surface area (Å²) in [5.74, 6) is -0.567. The average molecular weight is 234 g/mol. The molecule has 0 fully saturated rings. The first kappa shape index (κ1) is 12.8. The van der Waals surface area contributed by atoms with E-state index in [0.717, 1.165) is 5.69 Å². The Balaban J connectivity index is 2.62. The fourth-order valence-corrected chi connectivity index (χ4v) is 1.16. The zero-order valence-electron chi connectivity index (χ0n) is 9.69. The molecule has 0 radical (unpaired) electrons. The van der Waals surface area contributed by atoms with Crippen LogP contribution < -0.4 is 10.6 Å². The number of nitrogens with one attached hydrogen (secondary N) is 2. The number of hydrogen-bond acceptors (Lipinski definition) is 4. The topological polar surface area (TPSA) is 67.4 Å². The summed E-state index contributed by atoms with van der Waals surface area (Å²) in [5.41, 5.74) is 1.45. The van der Waals surface area contributed by atoms with Crippen molar-refractivity contribution in [2.24, 2.45) is 0 Å². The van der Waals surface area contributed by atoms with Crippen LogP contribution in [0.5, 0.6) is 0 Å². The number of carbonyl (C=O) groups excluding carboxylic acids is 2. The molecule has 0 atom stereocenters. The van der Waals surface area contributed by atoms with Crippen LogP contribution in [0.4, 0.5) is 11.4 Å². The van der Waals surface area contributed by atoms with Gasteiger partial charge in [0.2, 0.25) is 5.91 Å². The number of methoxy groups -OCH3 is 1. The SMILES string of the molecule is COC(=O)/C=C/Nc1cccc(NC(C)=O)c1. The zero-order chi connectivity index (χ0) is 12.7. The van der Waals surface area contributed by atoms with Crippen molar-refractivity contribution in [2.45, 2.75) is 6.92 Å². The third kappa shape index (κ3) is 4.83. The van der Waals surface area contributed by atoms with E-state index >= 15 is 0 Å². The molecule has 0 bridgehead atoms. The molecule has 1 rings (SSSR count). The van der Waals surface area contributed by atoms with Gasteiger partial charge in [0, 0.05) is 30.6 Å². The Morgan fingerprint density at radius 1 is 1.29 bits per heavy atom. The highest BCUT2D eigenvalue weighted by Crippen LogP contribution is 2.14. The molecule has 17 heavy (non-hydrogen) atoms. The molecule has 1 aromatic carbocycles. The maximum absolute atomic E-state index is 10.9. The van der Waals surface area contributed by atoms with Crippen molar-refractivity contribution in [1.29, 1.82) is 0 Å². The minimum absolute atomic E-state index is 0.132. The molecule has 0 unspecified atom stereocenters. The monoisotopic (exact) mass is 234 g/mol. The molecule has 5 nitrogen and oxygen atoms in total. The van der Waals surface area contributed by atoms with Crippen LogP contribution in [-0.4, -0.2) is 19.0 Å². The highest BCUT2D eigenvalue weighted by molar-refractivity contribution is 5.89. The number of anilines is 2. The van der Waals surface area contributed by atoms with Crippen molar-refractivity contribution < 1.29 is 14.3 Å². The highest BCUT2D eigenvalue weighted by Gasteiger charge is 1.96. The van der Waals surface area contributed by atoms with Crippen LogP contribution in [0.1, 0.15) is 6.92 Å². The molecule has 0 saturated carbocycles. The molecule has 2 N–H and O–H groups in total. The lowest BCUT2D eigenvalue weighted by atomic mass is 10.3. The summed E-state index contributed by atoms with van der Waals surface area (Å²) in [6.45, 7) is 1.44. The van der Waals surface area contributed by atoms with Crippen LogP contribution in [0.3, 0.4) is 0 Å². The smallest absolute Gasteiger partial charge is 0.331 e. The molecular formula is C12H14N2O3. The standard InChI is InChI=1S/C12H14N2O3/c1-9(15)14-11-5-3-4-10(8-11)13-7-6-12(16)17-2/h3-8,13H,1-2H3,(H,14,15)/b7-6+. The minimum atomic E-state index is -0.435. The predicted molar refractivity (Wildman–Crippen MR) is 65.5 cm³/mol. The zero-order valence-corrected chi connectivity index (χ0v) is 9.69. The van der Waals surface area contributed by atoms with Gasteiger partial charge in [0.05, 0.1) is 7.11 Å². The van der Waals surface area contributed by atoms with Gasteiger partial charge in [0.1, 0.15) is 0 Å². The van der Waals surface area contributed by atoms with Gasteiger partial charge in [0.25, 0.3) is 0 Å². The van der Waals surface area contributed by atoms with Gasteiger partial charge in [-0.25, -0.2) is 4.79 Å². The van der Waals surface area contributed by atoms with Crippen molar-refractivity contribution in [1.82, 2.24) is 0 Å². The van der Waals surface area contributed by atoms with E-state index in [1.807, 2.05) is 6.07 Å². The summed E-state index contributed by atoms with van der Waals surface area (Å²) >= 11 is 0. The molecule has 0 heterocycles. The highest BCUT2D eigenvalue weighted by atomic mass is 16.5. The Morgan fingerprint density at radius 3 is 2.65 bits per heavy atom. The second-order valence-electron chi connectivity index (χ2n) is 3.26. The van der Waals surface area contributed by atoms with Crippen molar-refractivity contribution >= 4 is 23.3 Å². The molecular weight excluding hydrogens is 220 g/mol. The molecule has 0 saturated heterocycles. The lowest BCUT2D eigenvalue weighted by Crippen LogP contribution is -2.05. The van der Waals surface area contributed by atoms with E-state index in [4.69, 9.17) is 0 Å². The largest absolute Gasteiger partial charge is 0.466 e. The predicted octanol–water partition coefficient (Wildman–Crippen LogP) is 1.74. The first-order chi connectivity index (χ1) is 8.11. The fraction of sp³-hybridized carbons (Fsp3) is 0.167. The molecule has 0 aromatic heterocycles. The second kappa shape index (κ2) is 6.32. The average Bonchev–Trinajstić information content (AvgIpc) is 2.28. The van der Waals surface area contributed by atoms with Crippen LogP contribution in [0.25, 0.3) is 0 Å². The molecule has 0 spiro atoms. The van der Waals surface area contributed by atoms with Crippen LogP contribution >= 0.6 is 0 Å². The van der Waals surface area contributed by atoms with E-state index in [0.29, 0.717) is 5.69 Å². The van der Waals surface area contributed by atoms with E-state index in [9.17, 15) is 9.59 Å². The van der Waals surface area contributed by atoms with Gasteiger partial charge in [-0.3, -0.25) is 4.79 Å². The number of benzene rings is 1. The number of ether oxygens (including phenoxy) is 1. The van der Waals surface area contributed by atoms with Gasteiger partial charge in [0.15, 0.2) is 0 Å². The van der Waals surface area contributed by atoms with Crippen molar-refractivity contribution in [3.8, 4) is 0 Å². The summed E-state index contributed by atoms with van der Waals surface area (Å²) in [6.07, 6.45) is 2.74. The van der Waals surface area contributed by atoms with E-state index in [1.165, 1.54) is 26.3 Å². The second-order valence-corrected chi connectivity index (χ2v) is 3.26. The van der Waals surface area contributed by atoms with Crippen molar-refractivity contribution in [3.63, 3.8) is 0 Å². The van der Waals surface area contributed by atoms with E-state index in [-0.39, 0.29) is 5.91 Å². The van der Waals surface area contributed by atoms with E-state index in [1.54, 1.807) is 18.2 Å². The Hall–Kier alpha value is -2.30. The van der Waals surface area contributed by atoms with E-state index < -0.39 is 5.97 Å². The van der Waals surface area contributed by atoms with Gasteiger partial charge in [-0.2, -0.15) is 0 Å². The Labute approximate surface area is 99.5 Å². The maximum Gasteiger partial charge on any atom is 0.331 e. The van der Waals surface area contributed by atoms with Gasteiger partial charge in [-0.15, -0.1) is 0 Å². The molecule has 0 aliphatic carbocycles. The van der Waals surface area contributed by atoms with E-state index in [2.05, 4.69) is 15.4 Å². The normalized spacial score (nSPS) is 10.0. The minimum Gasteiger partial charge on any atom is -0.466 e. The third-order valence-corrected chi connectivity index (χ3v) is 1.85. The molecule has 1 aromatic rings. The Kier molecular flexibility index (Phi) is 4.75. The first-order valence-electron chi connectivity index (χ1n) is 5.00. The summed E-state index contributed by atoms with van der Waals surface area (Å²) < 4.78 is 4.44. The van der Waals surface area contributed by atoms with Crippen LogP contribution in [-0.2, 0) is 14.3 Å².